The molecule has 0 saturated carbocycles. The average Bonchev–Trinajstić information content (AvgIpc) is 2.75. The van der Waals surface area contributed by atoms with Gasteiger partial charge in [0.1, 0.15) is 0 Å². The third-order valence-electron chi connectivity index (χ3n) is 3.44. The topological polar surface area (TPSA) is 24.1 Å². The molecule has 0 fully saturated rings. The predicted octanol–water partition coefficient (Wildman–Crippen LogP) is 4.33. The lowest BCUT2D eigenvalue weighted by Gasteiger charge is -2.10. The van der Waals surface area contributed by atoms with Crippen LogP contribution >= 0.6 is 28.1 Å². The van der Waals surface area contributed by atoms with Crippen LogP contribution in [0.15, 0.2) is 40.9 Å². The molecule has 2 nitrogen and oxygen atoms in total. The molecule has 0 spiro atoms. The van der Waals surface area contributed by atoms with Gasteiger partial charge in [0, 0.05) is 16.7 Å². The summed E-state index contributed by atoms with van der Waals surface area (Å²) in [6.07, 6.45) is 0.980. The first-order chi connectivity index (χ1) is 9.67. The van der Waals surface area contributed by atoms with Crippen molar-refractivity contribution in [2.24, 2.45) is 0 Å². The molecule has 4 heteroatoms. The second kappa shape index (κ2) is 5.54. The molecule has 0 saturated heterocycles. The van der Waals surface area contributed by atoms with E-state index in [1.807, 2.05) is 6.92 Å². The smallest absolute Gasteiger partial charge is 0.170 e. The number of hydrogen-bond acceptors (Lipinski definition) is 1. The van der Waals surface area contributed by atoms with E-state index in [4.69, 9.17) is 12.2 Å². The minimum atomic E-state index is 0.672. The number of benzene rings is 2. The van der Waals surface area contributed by atoms with Crippen molar-refractivity contribution in [2.75, 3.05) is 11.9 Å². The Morgan fingerprint density at radius 2 is 1.85 bits per heavy atom. The van der Waals surface area contributed by atoms with E-state index in [2.05, 4.69) is 63.0 Å². The van der Waals surface area contributed by atoms with E-state index >= 15 is 0 Å². The van der Waals surface area contributed by atoms with Crippen molar-refractivity contribution < 1.29 is 0 Å². The maximum atomic E-state index is 5.22. The largest absolute Gasteiger partial charge is 0.363 e. The Kier molecular flexibility index (Phi) is 3.76. The van der Waals surface area contributed by atoms with Crippen molar-refractivity contribution >= 4 is 38.9 Å². The fourth-order valence-corrected chi connectivity index (χ4v) is 3.26. The summed E-state index contributed by atoms with van der Waals surface area (Å²) in [6.45, 7) is 2.86. The summed E-state index contributed by atoms with van der Waals surface area (Å²) in [5.74, 6) is 0. The fourth-order valence-electron chi connectivity index (χ4n) is 2.59. The van der Waals surface area contributed by atoms with Crippen molar-refractivity contribution in [3.63, 3.8) is 0 Å². The molecular formula is C16H15BrN2S. The summed E-state index contributed by atoms with van der Waals surface area (Å²) >= 11 is 8.76. The zero-order valence-corrected chi connectivity index (χ0v) is 13.6. The molecule has 0 amide bonds. The van der Waals surface area contributed by atoms with E-state index < -0.39 is 0 Å². The van der Waals surface area contributed by atoms with Crippen LogP contribution in [-0.2, 0) is 6.42 Å². The van der Waals surface area contributed by atoms with Crippen LogP contribution < -0.4 is 10.6 Å². The van der Waals surface area contributed by atoms with Crippen LogP contribution in [0.4, 0.5) is 5.69 Å². The van der Waals surface area contributed by atoms with Crippen molar-refractivity contribution in [1.82, 2.24) is 5.32 Å². The molecule has 0 aromatic heterocycles. The van der Waals surface area contributed by atoms with Crippen LogP contribution in [0.2, 0.25) is 0 Å². The van der Waals surface area contributed by atoms with Crippen molar-refractivity contribution in [3.05, 3.63) is 52.0 Å². The number of fused-ring (bicyclic) bond motifs is 3. The van der Waals surface area contributed by atoms with Crippen molar-refractivity contribution in [1.29, 1.82) is 0 Å². The number of halogens is 1. The summed E-state index contributed by atoms with van der Waals surface area (Å²) in [4.78, 5) is 0. The van der Waals surface area contributed by atoms with E-state index in [0.717, 1.165) is 23.1 Å². The number of nitrogens with one attached hydrogen (secondary N) is 2. The Hall–Kier alpha value is -1.39. The van der Waals surface area contributed by atoms with Gasteiger partial charge in [0.15, 0.2) is 5.11 Å². The second-order valence-corrected chi connectivity index (χ2v) is 6.16. The van der Waals surface area contributed by atoms with Gasteiger partial charge in [-0.3, -0.25) is 0 Å². The molecule has 2 aromatic rings. The summed E-state index contributed by atoms with van der Waals surface area (Å²) in [5, 5.41) is 6.99. The molecule has 20 heavy (non-hydrogen) atoms. The van der Waals surface area contributed by atoms with Crippen LogP contribution in [0.3, 0.4) is 0 Å². The normalized spacial score (nSPS) is 11.7. The summed E-state index contributed by atoms with van der Waals surface area (Å²) < 4.78 is 1.13. The molecule has 1 aliphatic rings. The average molecular weight is 347 g/mol. The molecule has 0 bridgehead atoms. The number of anilines is 1. The number of hydrogen-bond donors (Lipinski definition) is 2. The van der Waals surface area contributed by atoms with Gasteiger partial charge in [0.25, 0.3) is 0 Å². The fraction of sp³-hybridized carbons (Fsp3) is 0.188. The second-order valence-electron chi connectivity index (χ2n) is 4.83. The highest BCUT2D eigenvalue weighted by molar-refractivity contribution is 9.10. The van der Waals surface area contributed by atoms with Crippen LogP contribution in [0.25, 0.3) is 11.1 Å². The van der Waals surface area contributed by atoms with Crippen molar-refractivity contribution in [2.45, 2.75) is 13.3 Å². The summed E-state index contributed by atoms with van der Waals surface area (Å²) in [6, 6.07) is 12.9. The molecule has 0 radical (unpaired) electrons. The van der Waals surface area contributed by atoms with Gasteiger partial charge in [-0.2, -0.15) is 0 Å². The molecule has 0 heterocycles. The molecule has 2 N–H and O–H groups in total. The zero-order valence-electron chi connectivity index (χ0n) is 11.2. The Morgan fingerprint density at radius 3 is 2.60 bits per heavy atom. The Bertz CT molecular complexity index is 682. The third kappa shape index (κ3) is 2.58. The predicted molar refractivity (Wildman–Crippen MR) is 92.3 cm³/mol. The van der Waals surface area contributed by atoms with Gasteiger partial charge in [-0.15, -0.1) is 0 Å². The van der Waals surface area contributed by atoms with Gasteiger partial charge in [-0.25, -0.2) is 0 Å². The van der Waals surface area contributed by atoms with Gasteiger partial charge in [-0.1, -0.05) is 28.1 Å². The molecular weight excluding hydrogens is 332 g/mol. The first-order valence-electron chi connectivity index (χ1n) is 6.64. The van der Waals surface area contributed by atoms with E-state index in [9.17, 15) is 0 Å². The molecule has 1 aliphatic carbocycles. The Balaban J connectivity index is 1.88. The molecule has 102 valence electrons. The van der Waals surface area contributed by atoms with E-state index in [1.165, 1.54) is 22.3 Å². The van der Waals surface area contributed by atoms with Crippen LogP contribution in [0.1, 0.15) is 18.1 Å². The molecule has 2 aromatic carbocycles. The minimum absolute atomic E-state index is 0.672. The Morgan fingerprint density at radius 1 is 1.15 bits per heavy atom. The SMILES string of the molecule is CCNC(=S)Nc1ccc2c(c1)Cc1cc(Br)ccc1-2. The van der Waals surface area contributed by atoms with Crippen LogP contribution in [0, 0.1) is 0 Å². The molecule has 0 unspecified atom stereocenters. The van der Waals surface area contributed by atoms with Gasteiger partial charge >= 0.3 is 0 Å². The monoisotopic (exact) mass is 346 g/mol. The molecule has 0 atom stereocenters. The highest BCUT2D eigenvalue weighted by Crippen LogP contribution is 2.38. The highest BCUT2D eigenvalue weighted by Gasteiger charge is 2.18. The van der Waals surface area contributed by atoms with Crippen LogP contribution in [-0.4, -0.2) is 11.7 Å². The quantitative estimate of drug-likeness (QED) is 0.675. The first kappa shape index (κ1) is 13.6. The van der Waals surface area contributed by atoms with Gasteiger partial charge in [0.05, 0.1) is 0 Å². The van der Waals surface area contributed by atoms with E-state index in [0.29, 0.717) is 5.11 Å². The zero-order chi connectivity index (χ0) is 14.1. The van der Waals surface area contributed by atoms with Gasteiger partial charge in [-0.05, 0) is 72.1 Å². The highest BCUT2D eigenvalue weighted by atomic mass is 79.9. The lowest BCUT2D eigenvalue weighted by atomic mass is 10.1. The summed E-state index contributed by atoms with van der Waals surface area (Å²) in [5.41, 5.74) is 6.43. The number of thiocarbonyl (C=S) groups is 1. The number of rotatable bonds is 2. The molecule has 0 aliphatic heterocycles. The maximum Gasteiger partial charge on any atom is 0.170 e. The van der Waals surface area contributed by atoms with Crippen LogP contribution in [0.5, 0.6) is 0 Å². The van der Waals surface area contributed by atoms with E-state index in [1.54, 1.807) is 0 Å². The van der Waals surface area contributed by atoms with E-state index in [-0.39, 0.29) is 0 Å². The van der Waals surface area contributed by atoms with Crippen molar-refractivity contribution in [3.8, 4) is 11.1 Å². The maximum absolute atomic E-state index is 5.22. The first-order valence-corrected chi connectivity index (χ1v) is 7.84. The standard InChI is InChI=1S/C16H15BrN2S/c1-2-18-16(20)19-13-4-6-15-11(9-13)7-10-8-12(17)3-5-14(10)15/h3-6,8-9H,2,7H2,1H3,(H2,18,19,20). The molecule has 3 rings (SSSR count). The summed E-state index contributed by atoms with van der Waals surface area (Å²) in [7, 11) is 0. The minimum Gasteiger partial charge on any atom is -0.363 e. The van der Waals surface area contributed by atoms with Gasteiger partial charge in [0.2, 0.25) is 0 Å². The Labute approximate surface area is 132 Å². The lowest BCUT2D eigenvalue weighted by molar-refractivity contribution is 0.979. The third-order valence-corrected chi connectivity index (χ3v) is 4.18. The van der Waals surface area contributed by atoms with Gasteiger partial charge < -0.3 is 10.6 Å². The lowest BCUT2D eigenvalue weighted by Crippen LogP contribution is -2.27.